The van der Waals surface area contributed by atoms with Crippen LogP contribution in [0.3, 0.4) is 0 Å². The molecule has 1 saturated carbocycles. The van der Waals surface area contributed by atoms with Crippen molar-refractivity contribution in [3.05, 3.63) is 82.3 Å². The van der Waals surface area contributed by atoms with Gasteiger partial charge in [-0.2, -0.15) is 0 Å². The maximum absolute atomic E-state index is 13.6. The first-order valence-corrected chi connectivity index (χ1v) is 21.4. The second-order valence-electron chi connectivity index (χ2n) is 16.3. The number of aryl methyl sites for hydroxylation is 2. The van der Waals surface area contributed by atoms with Crippen molar-refractivity contribution < 1.29 is 4.79 Å². The number of anilines is 2. The number of nitrogens with one attached hydrogen (secondary N) is 1. The van der Waals surface area contributed by atoms with Gasteiger partial charge in [-0.1, -0.05) is 132 Å². The second-order valence-corrected chi connectivity index (χ2v) is 16.3. The monoisotopic (exact) mass is 741 g/mol. The van der Waals surface area contributed by atoms with Gasteiger partial charge in [0.25, 0.3) is 0 Å². The average Bonchev–Trinajstić information content (AvgIpc) is 3.31. The van der Waals surface area contributed by atoms with E-state index in [0.29, 0.717) is 6.04 Å². The summed E-state index contributed by atoms with van der Waals surface area (Å²) in [5.74, 6) is 2.61. The highest BCUT2D eigenvalue weighted by Crippen LogP contribution is 2.48. The van der Waals surface area contributed by atoms with Crippen LogP contribution in [0.4, 0.5) is 11.5 Å². The number of carbonyl (C=O) groups excluding carboxylic acids is 1. The summed E-state index contributed by atoms with van der Waals surface area (Å²) >= 11 is 0. The first-order chi connectivity index (χ1) is 25.6. The van der Waals surface area contributed by atoms with Gasteiger partial charge in [-0.3, -0.25) is 9.79 Å². The minimum atomic E-state index is -0.513. The molecule has 54 heavy (non-hydrogen) atoms. The molecule has 2 heterocycles. The van der Waals surface area contributed by atoms with Gasteiger partial charge in [0.1, 0.15) is 5.82 Å². The van der Waals surface area contributed by atoms with Gasteiger partial charge in [0, 0.05) is 29.8 Å². The van der Waals surface area contributed by atoms with Crippen LogP contribution in [-0.2, 0) is 10.2 Å². The van der Waals surface area contributed by atoms with Crippen molar-refractivity contribution >= 4 is 29.2 Å². The summed E-state index contributed by atoms with van der Waals surface area (Å²) in [6, 6.07) is 8.77. The number of benzene rings is 1. The van der Waals surface area contributed by atoms with Crippen LogP contribution in [0.1, 0.15) is 183 Å². The van der Waals surface area contributed by atoms with E-state index in [2.05, 4.69) is 142 Å². The maximum Gasteiger partial charge on any atom is 0.237 e. The number of carbonyl (C=O) groups is 1. The van der Waals surface area contributed by atoms with Crippen molar-refractivity contribution in [2.24, 2.45) is 16.8 Å². The molecule has 0 saturated heterocycles. The highest BCUT2D eigenvalue weighted by atomic mass is 16.2. The largest absolute Gasteiger partial charge is 0.344 e. The first kappa shape index (κ1) is 48.5. The van der Waals surface area contributed by atoms with Gasteiger partial charge in [-0.25, -0.2) is 4.98 Å². The lowest BCUT2D eigenvalue weighted by Crippen LogP contribution is -2.49. The van der Waals surface area contributed by atoms with Crippen molar-refractivity contribution in [3.63, 3.8) is 0 Å². The van der Waals surface area contributed by atoms with Gasteiger partial charge < -0.3 is 10.2 Å². The van der Waals surface area contributed by atoms with Crippen LogP contribution in [0, 0.1) is 25.7 Å². The molecule has 0 radical (unpaired) electrons. The smallest absolute Gasteiger partial charge is 0.237 e. The molecule has 2 aliphatic rings. The third-order valence-corrected chi connectivity index (χ3v) is 10.1. The van der Waals surface area contributed by atoms with Crippen molar-refractivity contribution in [1.29, 1.82) is 0 Å². The Balaban J connectivity index is 0.000000970. The standard InChI is InChI=1S/C36H48N4O.C7H16.C4H10.C2H6/c1-10-12-16-37-32(26(6)27(7)39-34-18-23(3)25(5)22-38-34)17-24(4)29-14-15-31-33(21-29)40(35(41)36(31,8)9)30-19-28(20-30)13-11-2;1-3-5-7-6-4-2;1-4(2)3;1-2/h14-18,21-22,28,30H,4,10-13,19-20H2,1-3,5-9H3,(H,38,39);3-7H2,1-2H3;4H,1-3H3;1-2H3/b27-26+,32-17+,37-16?;;;. The number of pyridine rings is 1. The molecule has 1 N–H and O–H groups in total. The SMILES string of the molecule is C=C(/C=C(N=CCCC)\C(C)=C(/C)Nc1cc(C)c(C)cn1)c1ccc2c(c1)N(C1CC(CCC)C1)C(=O)C2(C)C.CC.CC(C)C.CCCCCCC. The first-order valence-electron chi connectivity index (χ1n) is 21.4. The number of nitrogens with zero attached hydrogens (tertiary/aromatic N) is 3. The summed E-state index contributed by atoms with van der Waals surface area (Å²) in [6.07, 6.45) is 19.6. The van der Waals surface area contributed by atoms with Crippen LogP contribution in [0.25, 0.3) is 5.57 Å². The van der Waals surface area contributed by atoms with Crippen LogP contribution in [0.5, 0.6) is 0 Å². The number of rotatable bonds is 15. The van der Waals surface area contributed by atoms with E-state index in [4.69, 9.17) is 4.99 Å². The number of hydrogen-bond donors (Lipinski definition) is 1. The lowest BCUT2D eigenvalue weighted by atomic mass is 9.76. The molecule has 1 aromatic heterocycles. The summed E-state index contributed by atoms with van der Waals surface area (Å²) in [5.41, 5.74) is 8.81. The minimum absolute atomic E-state index is 0.219. The summed E-state index contributed by atoms with van der Waals surface area (Å²) in [5, 5.41) is 3.47. The molecule has 1 fully saturated rings. The molecule has 1 aliphatic heterocycles. The molecule has 5 heteroatoms. The van der Waals surface area contributed by atoms with E-state index in [1.807, 2.05) is 26.3 Å². The molecule has 0 bridgehead atoms. The van der Waals surface area contributed by atoms with Gasteiger partial charge in [0.15, 0.2) is 0 Å². The predicted octanol–water partition coefficient (Wildman–Crippen LogP) is 14.7. The quantitative estimate of drug-likeness (QED) is 0.112. The fourth-order valence-electron chi connectivity index (χ4n) is 6.53. The number of aromatic nitrogens is 1. The third-order valence-electron chi connectivity index (χ3n) is 10.1. The van der Waals surface area contributed by atoms with Gasteiger partial charge in [-0.15, -0.1) is 0 Å². The number of unbranched alkanes of at least 4 members (excludes halogenated alkanes) is 5. The molecule has 4 rings (SSSR count). The molecular weight excluding hydrogens is 661 g/mol. The zero-order chi connectivity index (χ0) is 41.0. The molecule has 1 aliphatic carbocycles. The van der Waals surface area contributed by atoms with Crippen molar-refractivity contribution in [1.82, 2.24) is 4.98 Å². The van der Waals surface area contributed by atoms with E-state index in [-0.39, 0.29) is 5.91 Å². The summed E-state index contributed by atoms with van der Waals surface area (Å²) in [6.45, 7) is 36.3. The fourth-order valence-corrected chi connectivity index (χ4v) is 6.53. The summed E-state index contributed by atoms with van der Waals surface area (Å²) in [7, 11) is 0. The van der Waals surface area contributed by atoms with Crippen LogP contribution >= 0.6 is 0 Å². The normalized spacial score (nSPS) is 17.7. The van der Waals surface area contributed by atoms with Crippen LogP contribution in [0.15, 0.2) is 65.1 Å². The molecule has 5 nitrogen and oxygen atoms in total. The molecule has 1 aromatic carbocycles. The zero-order valence-electron chi connectivity index (χ0n) is 37.5. The summed E-state index contributed by atoms with van der Waals surface area (Å²) in [4.78, 5) is 25.1. The van der Waals surface area contributed by atoms with Crippen LogP contribution < -0.4 is 10.2 Å². The maximum atomic E-state index is 13.6. The van der Waals surface area contributed by atoms with Crippen LogP contribution in [0.2, 0.25) is 0 Å². The molecule has 2 aromatic rings. The van der Waals surface area contributed by atoms with Gasteiger partial charge in [-0.05, 0) is 124 Å². The Bertz CT molecular complexity index is 1530. The molecule has 302 valence electrons. The number of fused-ring (bicyclic) bond motifs is 1. The van der Waals surface area contributed by atoms with E-state index in [0.717, 1.165) is 82.7 Å². The predicted molar refractivity (Wildman–Crippen MR) is 241 cm³/mol. The third kappa shape index (κ3) is 14.6. The average molecular weight is 741 g/mol. The van der Waals surface area contributed by atoms with E-state index in [1.165, 1.54) is 56.1 Å². The van der Waals surface area contributed by atoms with E-state index in [1.54, 1.807) is 0 Å². The molecular formula is C49H80N4O. The molecule has 0 atom stereocenters. The minimum Gasteiger partial charge on any atom is -0.344 e. The van der Waals surface area contributed by atoms with Crippen molar-refractivity contribution in [2.45, 2.75) is 186 Å². The lowest BCUT2D eigenvalue weighted by Gasteiger charge is -2.42. The van der Waals surface area contributed by atoms with Gasteiger partial charge in [0.05, 0.1) is 11.1 Å². The highest BCUT2D eigenvalue weighted by molar-refractivity contribution is 6.08. The number of aliphatic imine (C=N–C) groups is 1. The molecule has 0 unspecified atom stereocenters. The van der Waals surface area contributed by atoms with Gasteiger partial charge in [0.2, 0.25) is 5.91 Å². The Labute approximate surface area is 333 Å². The molecule has 1 amide bonds. The topological polar surface area (TPSA) is 57.6 Å². The van der Waals surface area contributed by atoms with Crippen molar-refractivity contribution in [2.75, 3.05) is 10.2 Å². The highest BCUT2D eigenvalue weighted by Gasteiger charge is 2.49. The number of amides is 1. The van der Waals surface area contributed by atoms with E-state index >= 15 is 0 Å². The number of hydrogen-bond acceptors (Lipinski definition) is 4. The Morgan fingerprint density at radius 2 is 1.57 bits per heavy atom. The zero-order valence-corrected chi connectivity index (χ0v) is 37.5. The molecule has 0 spiro atoms. The summed E-state index contributed by atoms with van der Waals surface area (Å²) < 4.78 is 0. The van der Waals surface area contributed by atoms with E-state index in [9.17, 15) is 4.79 Å². The van der Waals surface area contributed by atoms with Crippen LogP contribution in [-0.4, -0.2) is 23.1 Å². The van der Waals surface area contributed by atoms with E-state index < -0.39 is 5.41 Å². The van der Waals surface area contributed by atoms with Gasteiger partial charge >= 0.3 is 0 Å². The fraction of sp³-hybridized carbons (Fsp3) is 0.612. The van der Waals surface area contributed by atoms with Crippen molar-refractivity contribution in [3.8, 4) is 0 Å². The second kappa shape index (κ2) is 24.8. The Kier molecular flexibility index (Phi) is 22.3. The Morgan fingerprint density at radius 3 is 2.11 bits per heavy atom. The Hall–Kier alpha value is -3.47. The lowest BCUT2D eigenvalue weighted by molar-refractivity contribution is -0.123. The Morgan fingerprint density at radius 1 is 0.963 bits per heavy atom. The number of allylic oxidation sites excluding steroid dienone is 4.